The lowest BCUT2D eigenvalue weighted by atomic mass is 10.2. The molecule has 8 heteroatoms. The number of nitrogens with one attached hydrogen (secondary N) is 1. The van der Waals surface area contributed by atoms with Crippen LogP contribution in [0.15, 0.2) is 53.6 Å². The predicted molar refractivity (Wildman–Crippen MR) is 100.0 cm³/mol. The molecule has 0 bridgehead atoms. The maximum Gasteiger partial charge on any atom is 0.261 e. The molecule has 136 valence electrons. The molecule has 0 aliphatic heterocycles. The fraction of sp³-hybridized carbons (Fsp3) is 0.158. The monoisotopic (exact) mass is 365 g/mol. The SMILES string of the molecule is CCn1c(NC(=O)Cn2cnc3ccc(F)cc3c2=O)nc2ccccc21. The zero-order valence-corrected chi connectivity index (χ0v) is 14.5. The Balaban J connectivity index is 1.63. The Bertz CT molecular complexity index is 1230. The Labute approximate surface area is 153 Å². The first-order chi connectivity index (χ1) is 13.1. The smallest absolute Gasteiger partial charge is 0.261 e. The Morgan fingerprint density at radius 3 is 2.81 bits per heavy atom. The van der Waals surface area contributed by atoms with Gasteiger partial charge in [-0.1, -0.05) is 12.1 Å². The summed E-state index contributed by atoms with van der Waals surface area (Å²) in [4.78, 5) is 33.5. The highest BCUT2D eigenvalue weighted by Gasteiger charge is 2.14. The summed E-state index contributed by atoms with van der Waals surface area (Å²) >= 11 is 0. The van der Waals surface area contributed by atoms with Crippen LogP contribution in [0, 0.1) is 5.82 Å². The van der Waals surface area contributed by atoms with Gasteiger partial charge >= 0.3 is 0 Å². The highest BCUT2D eigenvalue weighted by molar-refractivity contribution is 5.91. The first-order valence-electron chi connectivity index (χ1n) is 8.46. The van der Waals surface area contributed by atoms with Gasteiger partial charge in [0.1, 0.15) is 12.4 Å². The number of anilines is 1. The van der Waals surface area contributed by atoms with Crippen LogP contribution in [0.2, 0.25) is 0 Å². The van der Waals surface area contributed by atoms with E-state index in [0.29, 0.717) is 18.0 Å². The third kappa shape index (κ3) is 3.05. The van der Waals surface area contributed by atoms with Crippen molar-refractivity contribution < 1.29 is 9.18 Å². The van der Waals surface area contributed by atoms with E-state index in [4.69, 9.17) is 0 Å². The molecule has 7 nitrogen and oxygen atoms in total. The van der Waals surface area contributed by atoms with Gasteiger partial charge < -0.3 is 4.57 Å². The van der Waals surface area contributed by atoms with Crippen molar-refractivity contribution in [2.45, 2.75) is 20.0 Å². The first-order valence-corrected chi connectivity index (χ1v) is 8.46. The summed E-state index contributed by atoms with van der Waals surface area (Å²) in [6, 6.07) is 11.4. The summed E-state index contributed by atoms with van der Waals surface area (Å²) in [6.45, 7) is 2.34. The van der Waals surface area contributed by atoms with Gasteiger partial charge in [-0.15, -0.1) is 0 Å². The summed E-state index contributed by atoms with van der Waals surface area (Å²) in [5, 5.41) is 2.87. The van der Waals surface area contributed by atoms with Gasteiger partial charge in [0.25, 0.3) is 5.56 Å². The van der Waals surface area contributed by atoms with Crippen molar-refractivity contribution in [2.24, 2.45) is 0 Å². The molecule has 2 heterocycles. The van der Waals surface area contributed by atoms with Crippen LogP contribution >= 0.6 is 0 Å². The predicted octanol–water partition coefficient (Wildman–Crippen LogP) is 2.54. The van der Waals surface area contributed by atoms with E-state index in [0.717, 1.165) is 21.7 Å². The fourth-order valence-electron chi connectivity index (χ4n) is 3.05. The van der Waals surface area contributed by atoms with Crippen molar-refractivity contribution in [2.75, 3.05) is 5.32 Å². The molecule has 0 aliphatic carbocycles. The minimum Gasteiger partial charge on any atom is -0.310 e. The van der Waals surface area contributed by atoms with Crippen LogP contribution in [0.1, 0.15) is 6.92 Å². The molecule has 0 spiro atoms. The van der Waals surface area contributed by atoms with Crippen LogP contribution < -0.4 is 10.9 Å². The number of rotatable bonds is 4. The number of benzene rings is 2. The number of carbonyl (C=O) groups excluding carboxylic acids is 1. The average molecular weight is 365 g/mol. The van der Waals surface area contributed by atoms with Crippen molar-refractivity contribution in [3.8, 4) is 0 Å². The number of amides is 1. The second-order valence-electron chi connectivity index (χ2n) is 6.06. The third-order valence-corrected chi connectivity index (χ3v) is 4.32. The van der Waals surface area contributed by atoms with Crippen LogP contribution in [0.5, 0.6) is 0 Å². The second-order valence-corrected chi connectivity index (χ2v) is 6.06. The molecule has 0 radical (unpaired) electrons. The quantitative estimate of drug-likeness (QED) is 0.603. The lowest BCUT2D eigenvalue weighted by Crippen LogP contribution is -2.28. The molecule has 4 rings (SSSR count). The van der Waals surface area contributed by atoms with E-state index < -0.39 is 17.3 Å². The highest BCUT2D eigenvalue weighted by atomic mass is 19.1. The summed E-state index contributed by atoms with van der Waals surface area (Å²) < 4.78 is 16.4. The van der Waals surface area contributed by atoms with Gasteiger partial charge in [0, 0.05) is 6.54 Å². The molecule has 0 saturated heterocycles. The van der Waals surface area contributed by atoms with Gasteiger partial charge in [-0.25, -0.2) is 14.4 Å². The number of para-hydroxylation sites is 2. The standard InChI is InChI=1S/C19H16FN5O2/c1-2-25-16-6-4-3-5-15(16)22-19(25)23-17(26)10-24-11-21-14-8-7-12(20)9-13(14)18(24)27/h3-9,11H,2,10H2,1H3,(H,22,23,26). The van der Waals surface area contributed by atoms with Gasteiger partial charge in [0.15, 0.2) is 0 Å². The third-order valence-electron chi connectivity index (χ3n) is 4.32. The molecule has 0 unspecified atom stereocenters. The highest BCUT2D eigenvalue weighted by Crippen LogP contribution is 2.19. The van der Waals surface area contributed by atoms with Gasteiger partial charge in [-0.2, -0.15) is 0 Å². The summed E-state index contributed by atoms with van der Waals surface area (Å²) in [5.74, 6) is -0.531. The van der Waals surface area contributed by atoms with Crippen LogP contribution in [0.4, 0.5) is 10.3 Å². The maximum absolute atomic E-state index is 13.4. The summed E-state index contributed by atoms with van der Waals surface area (Å²) in [7, 11) is 0. The Morgan fingerprint density at radius 1 is 1.19 bits per heavy atom. The molecular formula is C19H16FN5O2. The van der Waals surface area contributed by atoms with E-state index in [1.54, 1.807) is 0 Å². The number of hydrogen-bond donors (Lipinski definition) is 1. The minimum absolute atomic E-state index is 0.131. The Morgan fingerprint density at radius 2 is 2.00 bits per heavy atom. The van der Waals surface area contributed by atoms with Crippen LogP contribution in [0.25, 0.3) is 21.9 Å². The number of nitrogens with zero attached hydrogens (tertiary/aromatic N) is 4. The number of hydrogen-bond acceptors (Lipinski definition) is 4. The van der Waals surface area contributed by atoms with Gasteiger partial charge in [0.05, 0.1) is 28.3 Å². The number of aryl methyl sites for hydroxylation is 1. The van der Waals surface area contributed by atoms with Gasteiger partial charge in [-0.05, 0) is 37.3 Å². The molecule has 0 aliphatic rings. The van der Waals surface area contributed by atoms with E-state index in [1.165, 1.54) is 18.5 Å². The molecule has 4 aromatic rings. The number of carbonyl (C=O) groups is 1. The van der Waals surface area contributed by atoms with E-state index in [2.05, 4.69) is 15.3 Å². The van der Waals surface area contributed by atoms with Crippen molar-refractivity contribution in [3.63, 3.8) is 0 Å². The second kappa shape index (κ2) is 6.64. The Kier molecular flexibility index (Phi) is 4.15. The molecule has 0 atom stereocenters. The van der Waals surface area contributed by atoms with Crippen molar-refractivity contribution in [3.05, 3.63) is 65.0 Å². The van der Waals surface area contributed by atoms with Crippen LogP contribution in [0.3, 0.4) is 0 Å². The van der Waals surface area contributed by atoms with E-state index >= 15 is 0 Å². The molecule has 1 amide bonds. The normalized spacial score (nSPS) is 11.2. The van der Waals surface area contributed by atoms with E-state index in [-0.39, 0.29) is 11.9 Å². The lowest BCUT2D eigenvalue weighted by Gasteiger charge is -2.09. The molecule has 0 saturated carbocycles. The van der Waals surface area contributed by atoms with Gasteiger partial charge in [-0.3, -0.25) is 19.5 Å². The molecule has 1 N–H and O–H groups in total. The van der Waals surface area contributed by atoms with E-state index in [1.807, 2.05) is 35.8 Å². The van der Waals surface area contributed by atoms with Gasteiger partial charge in [0.2, 0.25) is 11.9 Å². The average Bonchev–Trinajstić information content (AvgIpc) is 3.01. The largest absolute Gasteiger partial charge is 0.310 e. The topological polar surface area (TPSA) is 81.8 Å². The van der Waals surface area contributed by atoms with Crippen LogP contribution in [-0.4, -0.2) is 25.0 Å². The molecule has 2 aromatic carbocycles. The summed E-state index contributed by atoms with van der Waals surface area (Å²) in [6.07, 6.45) is 1.28. The zero-order valence-electron chi connectivity index (χ0n) is 14.5. The van der Waals surface area contributed by atoms with Crippen molar-refractivity contribution in [1.29, 1.82) is 0 Å². The first kappa shape index (κ1) is 16.9. The van der Waals surface area contributed by atoms with Crippen molar-refractivity contribution in [1.82, 2.24) is 19.1 Å². The molecule has 0 fully saturated rings. The lowest BCUT2D eigenvalue weighted by molar-refractivity contribution is -0.116. The number of fused-ring (bicyclic) bond motifs is 2. The zero-order chi connectivity index (χ0) is 19.0. The molecule has 2 aromatic heterocycles. The van der Waals surface area contributed by atoms with Crippen LogP contribution in [-0.2, 0) is 17.9 Å². The number of imidazole rings is 1. The van der Waals surface area contributed by atoms with Crippen molar-refractivity contribution >= 4 is 33.8 Å². The summed E-state index contributed by atoms with van der Waals surface area (Å²) in [5.41, 5.74) is 1.59. The maximum atomic E-state index is 13.4. The van der Waals surface area contributed by atoms with E-state index in [9.17, 15) is 14.0 Å². The fourth-order valence-corrected chi connectivity index (χ4v) is 3.05. The molecular weight excluding hydrogens is 349 g/mol. The Hall–Kier alpha value is -3.55. The minimum atomic E-state index is -0.528. The number of halogens is 1. The number of aromatic nitrogens is 4. The molecule has 27 heavy (non-hydrogen) atoms.